The maximum atomic E-state index is 12.5. The highest BCUT2D eigenvalue weighted by molar-refractivity contribution is 6.36. The van der Waals surface area contributed by atoms with Gasteiger partial charge in [-0.15, -0.1) is 0 Å². The van der Waals surface area contributed by atoms with E-state index >= 15 is 0 Å². The van der Waals surface area contributed by atoms with E-state index in [9.17, 15) is 9.59 Å². The number of nitrogens with zero attached hydrogens (tertiary/aromatic N) is 2. The van der Waals surface area contributed by atoms with E-state index in [2.05, 4.69) is 10.3 Å². The summed E-state index contributed by atoms with van der Waals surface area (Å²) in [5.74, 6) is -0.676. The van der Waals surface area contributed by atoms with Crippen molar-refractivity contribution in [3.8, 4) is 0 Å². The number of carbonyl (C=O) groups is 2. The average Bonchev–Trinajstić information content (AvgIpc) is 2.89. The minimum Gasteiger partial charge on any atom is -0.381 e. The third kappa shape index (κ3) is 4.23. The van der Waals surface area contributed by atoms with Gasteiger partial charge >= 0.3 is 0 Å². The van der Waals surface area contributed by atoms with Crippen molar-refractivity contribution < 1.29 is 14.3 Å². The molecule has 0 aliphatic carbocycles. The summed E-state index contributed by atoms with van der Waals surface area (Å²) in [5.41, 5.74) is 5.79. The zero-order chi connectivity index (χ0) is 18.0. The van der Waals surface area contributed by atoms with Crippen LogP contribution in [0.1, 0.15) is 25.0 Å². The Bertz CT molecular complexity index is 815. The van der Waals surface area contributed by atoms with Crippen LogP contribution in [0.4, 0.5) is 0 Å². The number of amides is 2. The number of fused-ring (bicyclic) bond motifs is 1. The van der Waals surface area contributed by atoms with Gasteiger partial charge in [0.15, 0.2) is 5.65 Å². The molecule has 0 spiro atoms. The second kappa shape index (κ2) is 7.19. The van der Waals surface area contributed by atoms with Crippen LogP contribution in [-0.4, -0.2) is 40.0 Å². The molecule has 134 valence electrons. The zero-order valence-corrected chi connectivity index (χ0v) is 14.9. The van der Waals surface area contributed by atoms with Gasteiger partial charge in [0.05, 0.1) is 27.7 Å². The zero-order valence-electron chi connectivity index (χ0n) is 13.4. The molecule has 7 nitrogen and oxygen atoms in total. The smallest absolute Gasteiger partial charge is 0.226 e. The quantitative estimate of drug-likeness (QED) is 0.819. The first kappa shape index (κ1) is 18.0. The van der Waals surface area contributed by atoms with Gasteiger partial charge in [0.25, 0.3) is 0 Å². The lowest BCUT2D eigenvalue weighted by Gasteiger charge is -2.37. The van der Waals surface area contributed by atoms with E-state index in [1.165, 1.54) is 0 Å². The Morgan fingerprint density at radius 2 is 2.04 bits per heavy atom. The van der Waals surface area contributed by atoms with Crippen molar-refractivity contribution in [1.82, 2.24) is 14.7 Å². The number of ether oxygens (including phenoxy) is 1. The van der Waals surface area contributed by atoms with E-state index in [4.69, 9.17) is 33.7 Å². The van der Waals surface area contributed by atoms with Crippen molar-refractivity contribution in [1.29, 1.82) is 0 Å². The van der Waals surface area contributed by atoms with E-state index < -0.39 is 11.4 Å². The standard InChI is InChI=1S/C16H18Cl2N4O3/c17-10-5-12(18)15-20-11(9-22(15)8-10)6-14(24)21-16(7-13(19)23)1-3-25-4-2-16/h5,8-9H,1-4,6-7H2,(H2,19,23)(H,21,24). The molecule has 1 aliphatic rings. The fourth-order valence-electron chi connectivity index (χ4n) is 3.11. The number of nitrogens with two attached hydrogens (primary N) is 1. The molecule has 0 bridgehead atoms. The highest BCUT2D eigenvalue weighted by atomic mass is 35.5. The number of aromatic nitrogens is 2. The summed E-state index contributed by atoms with van der Waals surface area (Å²) in [5, 5.41) is 3.85. The Morgan fingerprint density at radius 1 is 1.32 bits per heavy atom. The Balaban J connectivity index is 1.75. The van der Waals surface area contributed by atoms with Crippen LogP contribution >= 0.6 is 23.2 Å². The lowest BCUT2D eigenvalue weighted by molar-refractivity contribution is -0.126. The molecule has 0 unspecified atom stereocenters. The summed E-state index contributed by atoms with van der Waals surface area (Å²) in [4.78, 5) is 28.2. The SMILES string of the molecule is NC(=O)CC1(NC(=O)Cc2cn3cc(Cl)cc(Cl)c3n2)CCOCC1. The predicted molar refractivity (Wildman–Crippen MR) is 93.7 cm³/mol. The minimum atomic E-state index is -0.652. The third-order valence-electron chi connectivity index (χ3n) is 4.23. The van der Waals surface area contributed by atoms with E-state index in [1.807, 2.05) is 0 Å². The van der Waals surface area contributed by atoms with Crippen LogP contribution in [0.15, 0.2) is 18.5 Å². The molecule has 2 amide bonds. The van der Waals surface area contributed by atoms with Crippen LogP contribution in [0.25, 0.3) is 5.65 Å². The van der Waals surface area contributed by atoms with Gasteiger partial charge in [0.2, 0.25) is 11.8 Å². The number of carbonyl (C=O) groups excluding carboxylic acids is 2. The van der Waals surface area contributed by atoms with E-state index in [-0.39, 0.29) is 18.7 Å². The van der Waals surface area contributed by atoms with Crippen LogP contribution in [0.3, 0.4) is 0 Å². The summed E-state index contributed by atoms with van der Waals surface area (Å²) in [7, 11) is 0. The van der Waals surface area contributed by atoms with Gasteiger partial charge in [-0.05, 0) is 18.9 Å². The van der Waals surface area contributed by atoms with E-state index in [1.54, 1.807) is 22.9 Å². The minimum absolute atomic E-state index is 0.0665. The van der Waals surface area contributed by atoms with Crippen LogP contribution in [-0.2, 0) is 20.7 Å². The van der Waals surface area contributed by atoms with Gasteiger partial charge in [-0.25, -0.2) is 4.98 Å². The van der Waals surface area contributed by atoms with Crippen molar-refractivity contribution >= 4 is 40.7 Å². The van der Waals surface area contributed by atoms with E-state index in [0.717, 1.165) is 0 Å². The Hall–Kier alpha value is -1.83. The first-order valence-corrected chi connectivity index (χ1v) is 8.62. The normalized spacial score (nSPS) is 16.7. The van der Waals surface area contributed by atoms with Crippen LogP contribution < -0.4 is 11.1 Å². The van der Waals surface area contributed by atoms with Gasteiger partial charge in [-0.2, -0.15) is 0 Å². The molecule has 0 radical (unpaired) electrons. The molecule has 1 aliphatic heterocycles. The van der Waals surface area contributed by atoms with Crippen molar-refractivity contribution in [3.05, 3.63) is 34.2 Å². The molecule has 0 atom stereocenters. The number of hydrogen-bond donors (Lipinski definition) is 2. The summed E-state index contributed by atoms with van der Waals surface area (Å²) in [6, 6.07) is 1.60. The summed E-state index contributed by atoms with van der Waals surface area (Å²) in [6.07, 6.45) is 4.63. The molecule has 3 rings (SSSR count). The molecule has 0 saturated carbocycles. The third-order valence-corrected chi connectivity index (χ3v) is 4.72. The van der Waals surface area contributed by atoms with Crippen molar-refractivity contribution in [2.24, 2.45) is 5.73 Å². The molecular formula is C16H18Cl2N4O3. The van der Waals surface area contributed by atoms with Crippen molar-refractivity contribution in [2.45, 2.75) is 31.2 Å². The molecule has 9 heteroatoms. The maximum Gasteiger partial charge on any atom is 0.226 e. The molecule has 1 saturated heterocycles. The number of primary amides is 1. The Morgan fingerprint density at radius 3 is 2.72 bits per heavy atom. The molecule has 1 fully saturated rings. The molecule has 3 N–H and O–H groups in total. The fourth-order valence-corrected chi connectivity index (χ4v) is 3.63. The maximum absolute atomic E-state index is 12.5. The second-order valence-corrected chi connectivity index (χ2v) is 7.07. The van der Waals surface area contributed by atoms with Gasteiger partial charge < -0.3 is 20.2 Å². The number of hydrogen-bond acceptors (Lipinski definition) is 4. The van der Waals surface area contributed by atoms with Crippen LogP contribution in [0.2, 0.25) is 10.0 Å². The van der Waals surface area contributed by atoms with Gasteiger partial charge in [0.1, 0.15) is 0 Å². The molecule has 2 aromatic rings. The highest BCUT2D eigenvalue weighted by Crippen LogP contribution is 2.25. The van der Waals surface area contributed by atoms with Crippen molar-refractivity contribution in [2.75, 3.05) is 13.2 Å². The number of halogens is 2. The summed E-state index contributed by atoms with van der Waals surface area (Å²) in [6.45, 7) is 0.964. The summed E-state index contributed by atoms with van der Waals surface area (Å²) < 4.78 is 7.01. The summed E-state index contributed by atoms with van der Waals surface area (Å²) >= 11 is 12.1. The van der Waals surface area contributed by atoms with Crippen LogP contribution in [0, 0.1) is 0 Å². The lowest BCUT2D eigenvalue weighted by Crippen LogP contribution is -2.54. The lowest BCUT2D eigenvalue weighted by atomic mass is 9.86. The Kier molecular flexibility index (Phi) is 5.17. The average molecular weight is 385 g/mol. The topological polar surface area (TPSA) is 98.7 Å². The van der Waals surface area contributed by atoms with Gasteiger partial charge in [0, 0.05) is 32.0 Å². The molecule has 25 heavy (non-hydrogen) atoms. The molecule has 2 aromatic heterocycles. The first-order valence-electron chi connectivity index (χ1n) is 7.87. The molecular weight excluding hydrogens is 367 g/mol. The van der Waals surface area contributed by atoms with E-state index in [0.29, 0.717) is 47.4 Å². The van der Waals surface area contributed by atoms with Gasteiger partial charge in [-0.3, -0.25) is 9.59 Å². The number of nitrogens with one attached hydrogen (secondary N) is 1. The monoisotopic (exact) mass is 384 g/mol. The van der Waals surface area contributed by atoms with Gasteiger partial charge in [-0.1, -0.05) is 23.2 Å². The highest BCUT2D eigenvalue weighted by Gasteiger charge is 2.35. The second-order valence-electron chi connectivity index (χ2n) is 6.23. The number of rotatable bonds is 5. The number of imidazole rings is 1. The van der Waals surface area contributed by atoms with Crippen molar-refractivity contribution in [3.63, 3.8) is 0 Å². The predicted octanol–water partition coefficient (Wildman–Crippen LogP) is 1.72. The number of pyridine rings is 1. The molecule has 3 heterocycles. The fraction of sp³-hybridized carbons (Fsp3) is 0.438. The molecule has 0 aromatic carbocycles. The largest absolute Gasteiger partial charge is 0.381 e. The van der Waals surface area contributed by atoms with Crippen LogP contribution in [0.5, 0.6) is 0 Å². The Labute approximate surface area is 154 Å². The first-order chi connectivity index (χ1) is 11.9.